The first-order valence-electron chi connectivity index (χ1n) is 9.82. The van der Waals surface area contributed by atoms with Crippen molar-refractivity contribution in [3.63, 3.8) is 0 Å². The summed E-state index contributed by atoms with van der Waals surface area (Å²) in [6.07, 6.45) is 1.74. The topological polar surface area (TPSA) is 71.5 Å². The highest BCUT2D eigenvalue weighted by Gasteiger charge is 2.13. The molecule has 0 saturated heterocycles. The van der Waals surface area contributed by atoms with Crippen molar-refractivity contribution in [2.45, 2.75) is 20.4 Å². The first-order chi connectivity index (χ1) is 14.2. The van der Waals surface area contributed by atoms with E-state index in [1.54, 1.807) is 6.20 Å². The van der Waals surface area contributed by atoms with Crippen LogP contribution in [0.3, 0.4) is 0 Å². The van der Waals surface area contributed by atoms with Gasteiger partial charge in [-0.25, -0.2) is 4.98 Å². The molecule has 0 spiro atoms. The highest BCUT2D eigenvalue weighted by atomic mass is 16.7. The molecule has 2 aromatic carbocycles. The number of aromatic nitrogens is 2. The van der Waals surface area contributed by atoms with Crippen molar-refractivity contribution in [3.8, 4) is 11.5 Å². The standard InChI is InChI=1S/C22H25N5O2/c1-3-27(4-2)18-8-6-17(7-9-18)25-22-23-12-11-21(26-22)24-14-16-5-10-19-20(13-16)29-15-28-19/h5-13H,3-4,14-15H2,1-2H3,(H2,23,24,25,26). The number of hydrogen-bond acceptors (Lipinski definition) is 7. The molecule has 7 heteroatoms. The van der Waals surface area contributed by atoms with Crippen LogP contribution in [-0.2, 0) is 6.54 Å². The molecule has 1 aliphatic heterocycles. The van der Waals surface area contributed by atoms with Crippen molar-refractivity contribution in [1.82, 2.24) is 9.97 Å². The van der Waals surface area contributed by atoms with E-state index in [2.05, 4.69) is 51.5 Å². The predicted molar refractivity (Wildman–Crippen MR) is 115 cm³/mol. The molecule has 0 unspecified atom stereocenters. The van der Waals surface area contributed by atoms with Gasteiger partial charge >= 0.3 is 0 Å². The van der Waals surface area contributed by atoms with Gasteiger partial charge in [0, 0.05) is 37.2 Å². The van der Waals surface area contributed by atoms with Crippen LogP contribution in [0.2, 0.25) is 0 Å². The fourth-order valence-electron chi connectivity index (χ4n) is 3.23. The molecule has 0 fully saturated rings. The number of ether oxygens (including phenoxy) is 2. The molecule has 0 bridgehead atoms. The van der Waals surface area contributed by atoms with Crippen LogP contribution >= 0.6 is 0 Å². The zero-order chi connectivity index (χ0) is 20.1. The smallest absolute Gasteiger partial charge is 0.231 e. The lowest BCUT2D eigenvalue weighted by atomic mass is 10.2. The van der Waals surface area contributed by atoms with E-state index in [0.29, 0.717) is 12.5 Å². The summed E-state index contributed by atoms with van der Waals surface area (Å²) < 4.78 is 10.8. The molecule has 7 nitrogen and oxygen atoms in total. The third-order valence-corrected chi connectivity index (χ3v) is 4.82. The number of nitrogens with one attached hydrogen (secondary N) is 2. The summed E-state index contributed by atoms with van der Waals surface area (Å²) in [4.78, 5) is 11.2. The summed E-state index contributed by atoms with van der Waals surface area (Å²) in [6.45, 7) is 7.21. The maximum atomic E-state index is 5.43. The van der Waals surface area contributed by atoms with Crippen molar-refractivity contribution in [3.05, 3.63) is 60.3 Å². The minimum Gasteiger partial charge on any atom is -0.454 e. The molecule has 0 amide bonds. The van der Waals surface area contributed by atoms with Gasteiger partial charge in [-0.3, -0.25) is 0 Å². The molecule has 2 N–H and O–H groups in total. The van der Waals surface area contributed by atoms with E-state index in [-0.39, 0.29) is 6.79 Å². The van der Waals surface area contributed by atoms with E-state index >= 15 is 0 Å². The Morgan fingerprint density at radius 1 is 0.966 bits per heavy atom. The van der Waals surface area contributed by atoms with Gasteiger partial charge in [-0.05, 0) is 61.9 Å². The van der Waals surface area contributed by atoms with Crippen molar-refractivity contribution in [2.75, 3.05) is 35.4 Å². The molecular weight excluding hydrogens is 366 g/mol. The normalized spacial score (nSPS) is 11.9. The highest BCUT2D eigenvalue weighted by molar-refractivity contribution is 5.60. The Balaban J connectivity index is 1.38. The van der Waals surface area contributed by atoms with Gasteiger partial charge < -0.3 is 25.0 Å². The SMILES string of the molecule is CCN(CC)c1ccc(Nc2nccc(NCc3ccc4c(c3)OCO4)n2)cc1. The molecule has 3 aromatic rings. The Kier molecular flexibility index (Phi) is 5.65. The quantitative estimate of drug-likeness (QED) is 0.589. The number of anilines is 4. The number of fused-ring (bicyclic) bond motifs is 1. The Morgan fingerprint density at radius 3 is 2.55 bits per heavy atom. The molecule has 1 aliphatic rings. The van der Waals surface area contributed by atoms with Crippen molar-refractivity contribution in [2.24, 2.45) is 0 Å². The van der Waals surface area contributed by atoms with Gasteiger partial charge in [-0.15, -0.1) is 0 Å². The summed E-state index contributed by atoms with van der Waals surface area (Å²) in [5, 5.41) is 6.58. The lowest BCUT2D eigenvalue weighted by Crippen LogP contribution is -2.21. The average Bonchev–Trinajstić information content (AvgIpc) is 3.22. The van der Waals surface area contributed by atoms with Crippen LogP contribution in [0.15, 0.2) is 54.7 Å². The van der Waals surface area contributed by atoms with Crippen molar-refractivity contribution < 1.29 is 9.47 Å². The average molecular weight is 391 g/mol. The first-order valence-corrected chi connectivity index (χ1v) is 9.82. The highest BCUT2D eigenvalue weighted by Crippen LogP contribution is 2.32. The molecule has 0 aliphatic carbocycles. The van der Waals surface area contributed by atoms with Crippen LogP contribution in [-0.4, -0.2) is 29.9 Å². The van der Waals surface area contributed by atoms with Gasteiger partial charge in [0.15, 0.2) is 11.5 Å². The lowest BCUT2D eigenvalue weighted by Gasteiger charge is -2.21. The minimum absolute atomic E-state index is 0.281. The number of rotatable bonds is 8. The second-order valence-corrected chi connectivity index (χ2v) is 6.65. The second-order valence-electron chi connectivity index (χ2n) is 6.65. The van der Waals surface area contributed by atoms with Gasteiger partial charge in [-0.2, -0.15) is 4.98 Å². The fraction of sp³-hybridized carbons (Fsp3) is 0.273. The molecule has 1 aromatic heterocycles. The lowest BCUT2D eigenvalue weighted by molar-refractivity contribution is 0.174. The third-order valence-electron chi connectivity index (χ3n) is 4.82. The van der Waals surface area contributed by atoms with Crippen LogP contribution in [0.4, 0.5) is 23.1 Å². The molecule has 0 saturated carbocycles. The van der Waals surface area contributed by atoms with Crippen LogP contribution in [0.25, 0.3) is 0 Å². The van der Waals surface area contributed by atoms with E-state index in [4.69, 9.17) is 9.47 Å². The van der Waals surface area contributed by atoms with Crippen LogP contribution < -0.4 is 25.0 Å². The van der Waals surface area contributed by atoms with E-state index in [9.17, 15) is 0 Å². The van der Waals surface area contributed by atoms with Gasteiger partial charge in [0.2, 0.25) is 12.7 Å². The fourth-order valence-corrected chi connectivity index (χ4v) is 3.23. The minimum atomic E-state index is 0.281. The Morgan fingerprint density at radius 2 is 1.76 bits per heavy atom. The molecule has 29 heavy (non-hydrogen) atoms. The predicted octanol–water partition coefficient (Wildman–Crippen LogP) is 4.41. The zero-order valence-corrected chi connectivity index (χ0v) is 16.7. The van der Waals surface area contributed by atoms with Gasteiger partial charge in [0.25, 0.3) is 0 Å². The van der Waals surface area contributed by atoms with Crippen LogP contribution in [0, 0.1) is 0 Å². The summed E-state index contributed by atoms with van der Waals surface area (Å²) in [5.74, 6) is 2.87. The Labute approximate surface area is 170 Å². The summed E-state index contributed by atoms with van der Waals surface area (Å²) >= 11 is 0. The molecule has 2 heterocycles. The summed E-state index contributed by atoms with van der Waals surface area (Å²) in [6, 6.07) is 16.1. The molecule has 150 valence electrons. The largest absolute Gasteiger partial charge is 0.454 e. The van der Waals surface area contributed by atoms with Gasteiger partial charge in [0.1, 0.15) is 5.82 Å². The van der Waals surface area contributed by atoms with E-state index < -0.39 is 0 Å². The second kappa shape index (κ2) is 8.68. The molecule has 0 radical (unpaired) electrons. The summed E-state index contributed by atoms with van der Waals surface area (Å²) in [5.41, 5.74) is 3.25. The third kappa shape index (κ3) is 4.51. The van der Waals surface area contributed by atoms with Crippen molar-refractivity contribution >= 4 is 23.1 Å². The molecular formula is C22H25N5O2. The van der Waals surface area contributed by atoms with Crippen LogP contribution in [0.5, 0.6) is 11.5 Å². The van der Waals surface area contributed by atoms with E-state index in [1.807, 2.05) is 36.4 Å². The van der Waals surface area contributed by atoms with Gasteiger partial charge in [-0.1, -0.05) is 6.07 Å². The zero-order valence-electron chi connectivity index (χ0n) is 16.7. The van der Waals surface area contributed by atoms with E-state index in [0.717, 1.165) is 41.7 Å². The molecule has 4 rings (SSSR count). The maximum absolute atomic E-state index is 5.43. The number of benzene rings is 2. The Hall–Kier alpha value is -3.48. The first kappa shape index (κ1) is 18.9. The molecule has 0 atom stereocenters. The Bertz CT molecular complexity index is 958. The van der Waals surface area contributed by atoms with Crippen molar-refractivity contribution in [1.29, 1.82) is 0 Å². The monoisotopic (exact) mass is 391 g/mol. The number of nitrogens with zero attached hydrogens (tertiary/aromatic N) is 3. The van der Waals surface area contributed by atoms with E-state index in [1.165, 1.54) is 5.69 Å². The number of hydrogen-bond donors (Lipinski definition) is 2. The van der Waals surface area contributed by atoms with Crippen LogP contribution in [0.1, 0.15) is 19.4 Å². The maximum Gasteiger partial charge on any atom is 0.231 e. The van der Waals surface area contributed by atoms with Gasteiger partial charge in [0.05, 0.1) is 0 Å². The summed E-state index contributed by atoms with van der Waals surface area (Å²) in [7, 11) is 0.